The molecule has 2 aromatic rings. The largest absolute Gasteiger partial charge is 0.378 e. The van der Waals surface area contributed by atoms with Gasteiger partial charge in [0.05, 0.1) is 33.2 Å². The van der Waals surface area contributed by atoms with E-state index < -0.39 is 0 Å². The van der Waals surface area contributed by atoms with Gasteiger partial charge in [0.1, 0.15) is 5.70 Å². The highest BCUT2D eigenvalue weighted by Crippen LogP contribution is 2.17. The molecule has 0 unspecified atom stereocenters. The SMILES string of the molecule is CN(C)c1ccc(/C=C(\C(=O)N2CC[NH+](C)CC2)n2ccccc2=O)cc1. The third kappa shape index (κ3) is 4.46. The molecule has 1 saturated heterocycles. The van der Waals surface area contributed by atoms with Crippen LogP contribution in [0, 0.1) is 0 Å². The summed E-state index contributed by atoms with van der Waals surface area (Å²) in [4.78, 5) is 30.9. The molecule has 1 aliphatic heterocycles. The van der Waals surface area contributed by atoms with Gasteiger partial charge in [-0.3, -0.25) is 14.2 Å². The highest BCUT2D eigenvalue weighted by atomic mass is 16.2. The Kier molecular flexibility index (Phi) is 5.76. The molecule has 1 amide bonds. The first-order valence-corrected chi connectivity index (χ1v) is 9.23. The molecule has 0 bridgehead atoms. The average molecular weight is 367 g/mol. The van der Waals surface area contributed by atoms with E-state index in [1.165, 1.54) is 15.5 Å². The van der Waals surface area contributed by atoms with Gasteiger partial charge in [-0.25, -0.2) is 0 Å². The van der Waals surface area contributed by atoms with Gasteiger partial charge in [0.15, 0.2) is 0 Å². The Labute approximate surface area is 159 Å². The average Bonchev–Trinajstić information content (AvgIpc) is 2.67. The van der Waals surface area contributed by atoms with Crippen LogP contribution >= 0.6 is 0 Å². The number of likely N-dealkylation sites (N-methyl/N-ethyl adjacent to an activating group) is 1. The van der Waals surface area contributed by atoms with E-state index in [1.54, 1.807) is 24.4 Å². The van der Waals surface area contributed by atoms with Crippen molar-refractivity contribution in [1.82, 2.24) is 9.47 Å². The molecular weight excluding hydrogens is 340 g/mol. The van der Waals surface area contributed by atoms with Gasteiger partial charge in [0, 0.05) is 32.0 Å². The fraction of sp³-hybridized carbons (Fsp3) is 0.333. The zero-order valence-electron chi connectivity index (χ0n) is 16.2. The molecule has 6 nitrogen and oxygen atoms in total. The Hall–Kier alpha value is -2.86. The number of carbonyl (C=O) groups excluding carboxylic acids is 1. The highest BCUT2D eigenvalue weighted by Gasteiger charge is 2.25. The minimum Gasteiger partial charge on any atom is -0.378 e. The normalized spacial score (nSPS) is 15.7. The molecule has 1 aliphatic rings. The lowest BCUT2D eigenvalue weighted by molar-refractivity contribution is -0.883. The molecule has 0 atom stereocenters. The van der Waals surface area contributed by atoms with Crippen molar-refractivity contribution in [2.24, 2.45) is 0 Å². The van der Waals surface area contributed by atoms with Crippen LogP contribution in [-0.4, -0.2) is 62.7 Å². The third-order valence-electron chi connectivity index (χ3n) is 4.92. The van der Waals surface area contributed by atoms with E-state index >= 15 is 0 Å². The molecule has 1 N–H and O–H groups in total. The lowest BCUT2D eigenvalue weighted by Gasteiger charge is -2.30. The quantitative estimate of drug-likeness (QED) is 0.790. The number of pyridine rings is 1. The number of anilines is 1. The Morgan fingerprint density at radius 2 is 1.74 bits per heavy atom. The number of hydrogen-bond donors (Lipinski definition) is 1. The number of rotatable bonds is 4. The number of amides is 1. The maximum absolute atomic E-state index is 13.2. The predicted octanol–water partition coefficient (Wildman–Crippen LogP) is 0.269. The molecule has 1 fully saturated rings. The Bertz CT molecular complexity index is 876. The van der Waals surface area contributed by atoms with Crippen molar-refractivity contribution in [2.75, 3.05) is 52.2 Å². The summed E-state index contributed by atoms with van der Waals surface area (Å²) >= 11 is 0. The van der Waals surface area contributed by atoms with Gasteiger partial charge in [-0.15, -0.1) is 0 Å². The van der Waals surface area contributed by atoms with E-state index in [9.17, 15) is 9.59 Å². The lowest BCUT2D eigenvalue weighted by atomic mass is 10.1. The summed E-state index contributed by atoms with van der Waals surface area (Å²) in [5, 5.41) is 0. The van der Waals surface area contributed by atoms with E-state index in [1.807, 2.05) is 48.2 Å². The number of benzene rings is 1. The van der Waals surface area contributed by atoms with E-state index in [4.69, 9.17) is 0 Å². The van der Waals surface area contributed by atoms with Gasteiger partial charge in [-0.1, -0.05) is 18.2 Å². The molecule has 3 rings (SSSR count). The van der Waals surface area contributed by atoms with E-state index in [-0.39, 0.29) is 11.5 Å². The molecule has 0 radical (unpaired) electrons. The number of piperazine rings is 1. The van der Waals surface area contributed by atoms with Crippen LogP contribution in [-0.2, 0) is 4.79 Å². The van der Waals surface area contributed by atoms with Gasteiger partial charge in [-0.05, 0) is 29.8 Å². The zero-order chi connectivity index (χ0) is 19.4. The van der Waals surface area contributed by atoms with Crippen LogP contribution in [0.15, 0.2) is 53.5 Å². The van der Waals surface area contributed by atoms with Gasteiger partial charge in [0.25, 0.3) is 11.5 Å². The molecule has 0 spiro atoms. The smallest absolute Gasteiger partial charge is 0.271 e. The summed E-state index contributed by atoms with van der Waals surface area (Å²) < 4.78 is 1.44. The van der Waals surface area contributed by atoms with Crippen LogP contribution in [0.1, 0.15) is 5.56 Å². The Morgan fingerprint density at radius 3 is 2.33 bits per heavy atom. The van der Waals surface area contributed by atoms with Gasteiger partial charge in [0.2, 0.25) is 0 Å². The van der Waals surface area contributed by atoms with Crippen molar-refractivity contribution in [3.05, 3.63) is 64.6 Å². The first-order valence-electron chi connectivity index (χ1n) is 9.23. The predicted molar refractivity (Wildman–Crippen MR) is 109 cm³/mol. The van der Waals surface area contributed by atoms with Gasteiger partial charge >= 0.3 is 0 Å². The summed E-state index contributed by atoms with van der Waals surface area (Å²) in [5.41, 5.74) is 2.15. The topological polar surface area (TPSA) is 50.0 Å². The first-order chi connectivity index (χ1) is 13.0. The molecule has 1 aromatic carbocycles. The van der Waals surface area contributed by atoms with Gasteiger partial charge in [-0.2, -0.15) is 0 Å². The molecule has 27 heavy (non-hydrogen) atoms. The van der Waals surface area contributed by atoms with Crippen molar-refractivity contribution in [1.29, 1.82) is 0 Å². The zero-order valence-corrected chi connectivity index (χ0v) is 16.2. The van der Waals surface area contributed by atoms with Crippen LogP contribution in [0.2, 0.25) is 0 Å². The van der Waals surface area contributed by atoms with Crippen molar-refractivity contribution in [3.63, 3.8) is 0 Å². The van der Waals surface area contributed by atoms with Crippen LogP contribution in [0.4, 0.5) is 5.69 Å². The van der Waals surface area contributed by atoms with E-state index in [0.717, 1.165) is 24.3 Å². The molecule has 2 heterocycles. The number of quaternary nitrogens is 1. The van der Waals surface area contributed by atoms with Crippen LogP contribution in [0.5, 0.6) is 0 Å². The lowest BCUT2D eigenvalue weighted by Crippen LogP contribution is -3.12. The molecule has 1 aromatic heterocycles. The monoisotopic (exact) mass is 367 g/mol. The minimum atomic E-state index is -0.207. The van der Waals surface area contributed by atoms with Gasteiger partial charge < -0.3 is 14.7 Å². The minimum absolute atomic E-state index is 0.104. The fourth-order valence-electron chi connectivity index (χ4n) is 3.14. The number of nitrogens with one attached hydrogen (secondary N) is 1. The standard InChI is InChI=1S/C21H26N4O2/c1-22(2)18-9-7-17(8-10-18)16-19(25-11-5-4-6-20(25)26)21(27)24-14-12-23(3)13-15-24/h4-11,16H,12-15H2,1-3H3/p+1/b19-16+. The highest BCUT2D eigenvalue weighted by molar-refractivity contribution is 6.18. The number of aromatic nitrogens is 1. The van der Waals surface area contributed by atoms with Crippen LogP contribution in [0.25, 0.3) is 11.8 Å². The Balaban J connectivity index is 1.98. The third-order valence-corrected chi connectivity index (χ3v) is 4.92. The summed E-state index contributed by atoms with van der Waals surface area (Å²) in [6.07, 6.45) is 3.45. The second-order valence-corrected chi connectivity index (χ2v) is 7.17. The Morgan fingerprint density at radius 1 is 1.07 bits per heavy atom. The second kappa shape index (κ2) is 8.22. The summed E-state index contributed by atoms with van der Waals surface area (Å²) in [7, 11) is 6.10. The van der Waals surface area contributed by atoms with E-state index in [0.29, 0.717) is 18.8 Å². The molecule has 0 aliphatic carbocycles. The number of carbonyl (C=O) groups is 1. The van der Waals surface area contributed by atoms with Crippen molar-refractivity contribution in [3.8, 4) is 0 Å². The van der Waals surface area contributed by atoms with E-state index in [2.05, 4.69) is 7.05 Å². The number of hydrogen-bond acceptors (Lipinski definition) is 3. The van der Waals surface area contributed by atoms with Crippen LogP contribution < -0.4 is 15.4 Å². The molecule has 142 valence electrons. The molecular formula is C21H27N4O2+. The summed E-state index contributed by atoms with van der Waals surface area (Å²) in [6.45, 7) is 3.23. The molecule has 6 heteroatoms. The maximum Gasteiger partial charge on any atom is 0.271 e. The first kappa shape index (κ1) is 18.9. The number of nitrogens with zero attached hydrogens (tertiary/aromatic N) is 3. The summed E-state index contributed by atoms with van der Waals surface area (Å²) in [5.74, 6) is -0.104. The summed E-state index contributed by atoms with van der Waals surface area (Å²) in [6, 6.07) is 12.9. The van der Waals surface area contributed by atoms with Crippen LogP contribution in [0.3, 0.4) is 0 Å². The van der Waals surface area contributed by atoms with Crippen molar-refractivity contribution in [2.45, 2.75) is 0 Å². The second-order valence-electron chi connectivity index (χ2n) is 7.17. The van der Waals surface area contributed by atoms with Crippen molar-refractivity contribution < 1.29 is 9.69 Å². The van der Waals surface area contributed by atoms with Crippen molar-refractivity contribution >= 4 is 23.4 Å². The fourth-order valence-corrected chi connectivity index (χ4v) is 3.14. The maximum atomic E-state index is 13.2. The molecule has 0 saturated carbocycles.